The number of carbonyl (C=O) groups excluding carboxylic acids is 1. The van der Waals surface area contributed by atoms with Crippen LogP contribution in [0.3, 0.4) is 0 Å². The lowest BCUT2D eigenvalue weighted by Gasteiger charge is -2.31. The zero-order valence-corrected chi connectivity index (χ0v) is 19.9. The van der Waals surface area contributed by atoms with Crippen LogP contribution in [-0.4, -0.2) is 67.2 Å². The van der Waals surface area contributed by atoms with E-state index in [1.165, 1.54) is 0 Å². The third kappa shape index (κ3) is 6.16. The van der Waals surface area contributed by atoms with Crippen molar-refractivity contribution in [1.82, 2.24) is 15.3 Å². The lowest BCUT2D eigenvalue weighted by Crippen LogP contribution is -2.42. The number of fused-ring (bicyclic) bond motifs is 1. The summed E-state index contributed by atoms with van der Waals surface area (Å²) in [6.07, 6.45) is 4.66. The van der Waals surface area contributed by atoms with Gasteiger partial charge in [-0.3, -0.25) is 4.98 Å². The van der Waals surface area contributed by atoms with Crippen LogP contribution < -0.4 is 19.7 Å². The number of pyridine rings is 2. The molecule has 9 nitrogen and oxygen atoms in total. The third-order valence-corrected chi connectivity index (χ3v) is 5.85. The number of hydrogen-bond acceptors (Lipinski definition) is 8. The van der Waals surface area contributed by atoms with Crippen LogP contribution >= 0.6 is 0 Å². The van der Waals surface area contributed by atoms with E-state index in [-0.39, 0.29) is 18.2 Å². The topological polar surface area (TPSA) is 95.0 Å². The van der Waals surface area contributed by atoms with Crippen LogP contribution in [0.25, 0.3) is 10.9 Å². The molecule has 180 valence electrons. The van der Waals surface area contributed by atoms with Gasteiger partial charge < -0.3 is 29.2 Å². The molecule has 0 aromatic carbocycles. The van der Waals surface area contributed by atoms with Crippen molar-refractivity contribution >= 4 is 22.8 Å². The molecule has 1 aliphatic heterocycles. The van der Waals surface area contributed by atoms with Crippen molar-refractivity contribution < 1.29 is 23.7 Å². The highest BCUT2D eigenvalue weighted by atomic mass is 16.6. The van der Waals surface area contributed by atoms with Crippen molar-refractivity contribution in [1.29, 1.82) is 0 Å². The number of morpholine rings is 1. The van der Waals surface area contributed by atoms with E-state index in [2.05, 4.69) is 15.2 Å². The number of alkyl carbamates (subject to hydrolysis) is 1. The number of rotatable bonds is 5. The molecule has 2 fully saturated rings. The summed E-state index contributed by atoms with van der Waals surface area (Å²) in [5, 5.41) is 3.81. The molecule has 1 N–H and O–H groups in total. The Bertz CT molecular complexity index is 963. The molecule has 1 saturated carbocycles. The van der Waals surface area contributed by atoms with Crippen LogP contribution in [0.5, 0.6) is 11.6 Å². The lowest BCUT2D eigenvalue weighted by atomic mass is 9.93. The quantitative estimate of drug-likeness (QED) is 0.725. The highest BCUT2D eigenvalue weighted by Gasteiger charge is 2.27. The monoisotopic (exact) mass is 458 g/mol. The average Bonchev–Trinajstić information content (AvgIpc) is 2.79. The van der Waals surface area contributed by atoms with Gasteiger partial charge in [0.25, 0.3) is 0 Å². The van der Waals surface area contributed by atoms with Crippen LogP contribution in [0, 0.1) is 0 Å². The molecule has 0 bridgehead atoms. The highest BCUT2D eigenvalue weighted by molar-refractivity contribution is 5.87. The van der Waals surface area contributed by atoms with Crippen molar-refractivity contribution in [2.24, 2.45) is 0 Å². The highest BCUT2D eigenvalue weighted by Crippen LogP contribution is 2.32. The van der Waals surface area contributed by atoms with Gasteiger partial charge in [0.1, 0.15) is 23.3 Å². The minimum absolute atomic E-state index is 0.0172. The van der Waals surface area contributed by atoms with Crippen LogP contribution in [0.1, 0.15) is 46.5 Å². The van der Waals surface area contributed by atoms with Gasteiger partial charge in [-0.2, -0.15) is 4.98 Å². The predicted octanol–water partition coefficient (Wildman–Crippen LogP) is 3.69. The van der Waals surface area contributed by atoms with Crippen molar-refractivity contribution in [2.75, 3.05) is 38.3 Å². The lowest BCUT2D eigenvalue weighted by molar-refractivity contribution is 0.0470. The largest absolute Gasteiger partial charge is 0.495 e. The first-order chi connectivity index (χ1) is 15.8. The molecule has 3 heterocycles. The molecule has 9 heteroatoms. The molecule has 2 aliphatic rings. The Morgan fingerprint density at radius 3 is 2.55 bits per heavy atom. The molecule has 0 radical (unpaired) electrons. The number of hydrogen-bond donors (Lipinski definition) is 1. The first-order valence-electron chi connectivity index (χ1n) is 11.6. The van der Waals surface area contributed by atoms with Gasteiger partial charge in [0.05, 0.1) is 37.4 Å². The maximum atomic E-state index is 12.1. The number of carbonyl (C=O) groups is 1. The fourth-order valence-electron chi connectivity index (χ4n) is 4.17. The number of aromatic nitrogens is 2. The van der Waals surface area contributed by atoms with E-state index in [0.29, 0.717) is 24.8 Å². The summed E-state index contributed by atoms with van der Waals surface area (Å²) in [5.41, 5.74) is 0.320. The van der Waals surface area contributed by atoms with Gasteiger partial charge >= 0.3 is 6.09 Å². The van der Waals surface area contributed by atoms with E-state index in [1.807, 2.05) is 32.9 Å². The molecule has 2 aromatic heterocycles. The summed E-state index contributed by atoms with van der Waals surface area (Å²) in [4.78, 5) is 23.7. The molecule has 2 aromatic rings. The summed E-state index contributed by atoms with van der Waals surface area (Å²) in [6.45, 7) is 8.53. The van der Waals surface area contributed by atoms with E-state index in [0.717, 1.165) is 55.5 Å². The number of anilines is 1. The molecule has 0 unspecified atom stereocenters. The van der Waals surface area contributed by atoms with Crippen molar-refractivity contribution in [3.8, 4) is 11.6 Å². The van der Waals surface area contributed by atoms with E-state index >= 15 is 0 Å². The van der Waals surface area contributed by atoms with Crippen molar-refractivity contribution in [3.63, 3.8) is 0 Å². The Kier molecular flexibility index (Phi) is 7.07. The summed E-state index contributed by atoms with van der Waals surface area (Å²) in [6, 6.07) is 4.00. The van der Waals surface area contributed by atoms with Crippen LogP contribution in [-0.2, 0) is 9.47 Å². The van der Waals surface area contributed by atoms with Gasteiger partial charge in [-0.15, -0.1) is 0 Å². The minimum atomic E-state index is -0.502. The second-order valence-corrected chi connectivity index (χ2v) is 9.56. The smallest absolute Gasteiger partial charge is 0.407 e. The zero-order valence-electron chi connectivity index (χ0n) is 19.9. The fourth-order valence-corrected chi connectivity index (χ4v) is 4.17. The average molecular weight is 459 g/mol. The fraction of sp³-hybridized carbons (Fsp3) is 0.625. The summed E-state index contributed by atoms with van der Waals surface area (Å²) < 4.78 is 22.7. The summed E-state index contributed by atoms with van der Waals surface area (Å²) in [7, 11) is 1.62. The van der Waals surface area contributed by atoms with Gasteiger partial charge in [0.2, 0.25) is 5.88 Å². The molecule has 1 amide bonds. The summed E-state index contributed by atoms with van der Waals surface area (Å²) in [5.74, 6) is 2.08. The molecule has 0 spiro atoms. The second kappa shape index (κ2) is 9.99. The Morgan fingerprint density at radius 2 is 1.88 bits per heavy atom. The predicted molar refractivity (Wildman–Crippen MR) is 125 cm³/mol. The third-order valence-electron chi connectivity index (χ3n) is 5.85. The molecule has 1 saturated heterocycles. The van der Waals surface area contributed by atoms with Crippen molar-refractivity contribution in [2.45, 2.75) is 64.2 Å². The number of nitrogens with one attached hydrogen (secondary N) is 1. The normalized spacial score (nSPS) is 21.5. The van der Waals surface area contributed by atoms with Crippen molar-refractivity contribution in [3.05, 3.63) is 18.3 Å². The molecule has 33 heavy (non-hydrogen) atoms. The Morgan fingerprint density at radius 1 is 1.15 bits per heavy atom. The van der Waals surface area contributed by atoms with Crippen LogP contribution in [0.15, 0.2) is 18.3 Å². The van der Waals surface area contributed by atoms with Crippen LogP contribution in [0.2, 0.25) is 0 Å². The van der Waals surface area contributed by atoms with E-state index in [1.54, 1.807) is 13.3 Å². The minimum Gasteiger partial charge on any atom is -0.495 e. The SMILES string of the molecule is COc1cnc2cc(N3CCOCC3)nc(OC3CCC(NC(=O)OC(C)(C)C)CC3)c2c1. The number of amides is 1. The molecule has 0 atom stereocenters. The molecular formula is C24H34N4O5. The van der Waals surface area contributed by atoms with E-state index < -0.39 is 5.60 Å². The Hall–Kier alpha value is -2.81. The van der Waals surface area contributed by atoms with Crippen LogP contribution in [0.4, 0.5) is 10.6 Å². The maximum absolute atomic E-state index is 12.1. The molecule has 4 rings (SSSR count). The number of ether oxygens (including phenoxy) is 4. The Balaban J connectivity index is 1.46. The Labute approximate surface area is 194 Å². The van der Waals surface area contributed by atoms with Gasteiger partial charge in [0, 0.05) is 25.2 Å². The maximum Gasteiger partial charge on any atom is 0.407 e. The van der Waals surface area contributed by atoms with Gasteiger partial charge in [-0.05, 0) is 52.5 Å². The first kappa shape index (κ1) is 23.4. The van der Waals surface area contributed by atoms with Gasteiger partial charge in [-0.1, -0.05) is 0 Å². The first-order valence-corrected chi connectivity index (χ1v) is 11.6. The van der Waals surface area contributed by atoms with Gasteiger partial charge in [-0.25, -0.2) is 4.79 Å². The number of nitrogens with zero attached hydrogens (tertiary/aromatic N) is 3. The van der Waals surface area contributed by atoms with E-state index in [4.69, 9.17) is 23.9 Å². The standard InChI is InChI=1S/C24H34N4O5/c1-24(2,3)33-23(29)26-16-5-7-17(8-6-16)32-22-19-13-18(30-4)15-25-20(19)14-21(27-22)28-9-11-31-12-10-28/h13-17H,5-12H2,1-4H3,(H,26,29). The number of methoxy groups -OCH3 is 1. The van der Waals surface area contributed by atoms with E-state index in [9.17, 15) is 4.79 Å². The zero-order chi connectivity index (χ0) is 23.4. The second-order valence-electron chi connectivity index (χ2n) is 9.56. The summed E-state index contributed by atoms with van der Waals surface area (Å²) >= 11 is 0. The molecule has 1 aliphatic carbocycles. The molecular weight excluding hydrogens is 424 g/mol. The van der Waals surface area contributed by atoms with Gasteiger partial charge in [0.15, 0.2) is 0 Å².